The second-order valence-corrected chi connectivity index (χ2v) is 6.60. The molecule has 3 rings (SSSR count). The molecule has 0 radical (unpaired) electrons. The van der Waals surface area contributed by atoms with Crippen LogP contribution in [-0.4, -0.2) is 54.4 Å². The quantitative estimate of drug-likeness (QED) is 0.891. The smallest absolute Gasteiger partial charge is 0.317 e. The molecule has 1 N–H and O–H groups in total. The van der Waals surface area contributed by atoms with Gasteiger partial charge in [-0.25, -0.2) is 4.79 Å². The van der Waals surface area contributed by atoms with Crippen molar-refractivity contribution in [3.8, 4) is 5.88 Å². The number of piperidine rings is 1. The van der Waals surface area contributed by atoms with Gasteiger partial charge in [-0.15, -0.1) is 10.2 Å². The van der Waals surface area contributed by atoms with E-state index >= 15 is 0 Å². The van der Waals surface area contributed by atoms with Crippen molar-refractivity contribution in [2.75, 3.05) is 32.1 Å². The van der Waals surface area contributed by atoms with Gasteiger partial charge in [0, 0.05) is 33.3 Å². The predicted molar refractivity (Wildman–Crippen MR) is 100 cm³/mol. The third-order valence-corrected chi connectivity index (χ3v) is 4.32. The van der Waals surface area contributed by atoms with Gasteiger partial charge in [0.05, 0.1) is 6.54 Å². The van der Waals surface area contributed by atoms with E-state index in [4.69, 9.17) is 4.74 Å². The van der Waals surface area contributed by atoms with Gasteiger partial charge >= 0.3 is 6.03 Å². The summed E-state index contributed by atoms with van der Waals surface area (Å²) in [5, 5.41) is 11.2. The Morgan fingerprint density at radius 2 is 2.04 bits per heavy atom. The zero-order valence-corrected chi connectivity index (χ0v) is 15.3. The predicted octanol–water partition coefficient (Wildman–Crippen LogP) is 2.30. The van der Waals surface area contributed by atoms with Crippen molar-refractivity contribution in [1.82, 2.24) is 20.4 Å². The highest BCUT2D eigenvalue weighted by atomic mass is 16.5. The van der Waals surface area contributed by atoms with Crippen LogP contribution in [0.4, 0.5) is 10.6 Å². The van der Waals surface area contributed by atoms with Gasteiger partial charge in [-0.1, -0.05) is 30.3 Å². The Labute approximate surface area is 154 Å². The lowest BCUT2D eigenvalue weighted by Crippen LogP contribution is -2.48. The normalized spacial score (nSPS) is 16.8. The van der Waals surface area contributed by atoms with Gasteiger partial charge < -0.3 is 19.9 Å². The minimum Gasteiger partial charge on any atom is -0.471 e. The number of hydrogen-bond acceptors (Lipinski definition) is 5. The van der Waals surface area contributed by atoms with Crippen molar-refractivity contribution >= 4 is 11.8 Å². The van der Waals surface area contributed by atoms with Gasteiger partial charge in [0.25, 0.3) is 0 Å². The Morgan fingerprint density at radius 3 is 2.73 bits per heavy atom. The number of nitrogens with one attached hydrogen (secondary N) is 1. The monoisotopic (exact) mass is 355 g/mol. The number of amides is 2. The summed E-state index contributed by atoms with van der Waals surface area (Å²) in [7, 11) is 3.83. The third-order valence-electron chi connectivity index (χ3n) is 4.32. The zero-order chi connectivity index (χ0) is 18.4. The lowest BCUT2D eigenvalue weighted by atomic mass is 10.1. The van der Waals surface area contributed by atoms with E-state index in [1.54, 1.807) is 4.90 Å². The third kappa shape index (κ3) is 4.84. The van der Waals surface area contributed by atoms with Crippen molar-refractivity contribution < 1.29 is 9.53 Å². The summed E-state index contributed by atoms with van der Waals surface area (Å²) in [4.78, 5) is 16.1. The summed E-state index contributed by atoms with van der Waals surface area (Å²) in [6.45, 7) is 1.82. The number of aromatic nitrogens is 2. The second kappa shape index (κ2) is 8.51. The molecule has 1 aromatic heterocycles. The van der Waals surface area contributed by atoms with Crippen molar-refractivity contribution in [2.45, 2.75) is 25.5 Å². The summed E-state index contributed by atoms with van der Waals surface area (Å²) < 4.78 is 5.92. The molecule has 7 nitrogen and oxygen atoms in total. The van der Waals surface area contributed by atoms with Gasteiger partial charge in [-0.05, 0) is 24.5 Å². The van der Waals surface area contributed by atoms with Crippen LogP contribution in [0.5, 0.6) is 5.88 Å². The number of urea groups is 1. The summed E-state index contributed by atoms with van der Waals surface area (Å²) in [5.74, 6) is 1.27. The summed E-state index contributed by atoms with van der Waals surface area (Å²) in [6, 6.07) is 13.5. The minimum absolute atomic E-state index is 0.0591. The van der Waals surface area contributed by atoms with Gasteiger partial charge in [0.15, 0.2) is 5.82 Å². The van der Waals surface area contributed by atoms with E-state index in [1.807, 2.05) is 61.5 Å². The van der Waals surface area contributed by atoms with Crippen LogP contribution in [0.1, 0.15) is 18.4 Å². The fraction of sp³-hybridized carbons (Fsp3) is 0.421. The lowest BCUT2D eigenvalue weighted by Gasteiger charge is -2.32. The van der Waals surface area contributed by atoms with Crippen molar-refractivity contribution in [1.29, 1.82) is 0 Å². The standard InChI is InChI=1S/C19H25N5O2/c1-23(2)17-10-11-18(22-21-17)26-16-9-6-12-24(14-16)19(25)20-13-15-7-4-3-5-8-15/h3-5,7-8,10-11,16H,6,9,12-14H2,1-2H3,(H,20,25). The van der Waals surface area contributed by atoms with E-state index < -0.39 is 0 Å². The zero-order valence-electron chi connectivity index (χ0n) is 15.3. The number of hydrogen-bond donors (Lipinski definition) is 1. The molecule has 1 unspecified atom stereocenters. The van der Waals surface area contributed by atoms with Gasteiger partial charge in [0.1, 0.15) is 6.10 Å². The van der Waals surface area contributed by atoms with Gasteiger partial charge in [0.2, 0.25) is 5.88 Å². The number of ether oxygens (including phenoxy) is 1. The fourth-order valence-electron chi connectivity index (χ4n) is 2.89. The molecule has 0 aliphatic carbocycles. The first kappa shape index (κ1) is 18.0. The Hall–Kier alpha value is -2.83. The SMILES string of the molecule is CN(C)c1ccc(OC2CCCN(C(=O)NCc3ccccc3)C2)nn1. The van der Waals surface area contributed by atoms with Gasteiger partial charge in [-0.2, -0.15) is 0 Å². The van der Waals surface area contributed by atoms with Crippen LogP contribution in [0.3, 0.4) is 0 Å². The maximum Gasteiger partial charge on any atom is 0.317 e. The highest BCUT2D eigenvalue weighted by Crippen LogP contribution is 2.18. The summed E-state index contributed by atoms with van der Waals surface area (Å²) in [5.41, 5.74) is 1.09. The largest absolute Gasteiger partial charge is 0.471 e. The molecule has 2 amide bonds. The molecular formula is C19H25N5O2. The first-order chi connectivity index (χ1) is 12.6. The molecule has 1 aliphatic heterocycles. The van der Waals surface area contributed by atoms with Gasteiger partial charge in [-0.3, -0.25) is 0 Å². The van der Waals surface area contributed by atoms with Crippen LogP contribution in [-0.2, 0) is 6.54 Å². The Morgan fingerprint density at radius 1 is 1.23 bits per heavy atom. The molecule has 2 aromatic rings. The van der Waals surface area contributed by atoms with E-state index in [0.29, 0.717) is 19.0 Å². The maximum atomic E-state index is 12.4. The van der Waals surface area contributed by atoms with Crippen LogP contribution in [0.2, 0.25) is 0 Å². The fourth-order valence-corrected chi connectivity index (χ4v) is 2.89. The topological polar surface area (TPSA) is 70.6 Å². The number of nitrogens with zero attached hydrogens (tertiary/aromatic N) is 4. The van der Waals surface area contributed by atoms with Crippen molar-refractivity contribution in [3.05, 3.63) is 48.0 Å². The number of carbonyl (C=O) groups excluding carboxylic acids is 1. The van der Waals surface area contributed by atoms with Crippen molar-refractivity contribution in [3.63, 3.8) is 0 Å². The van der Waals surface area contributed by atoms with E-state index in [0.717, 1.165) is 30.8 Å². The highest BCUT2D eigenvalue weighted by molar-refractivity contribution is 5.74. The maximum absolute atomic E-state index is 12.4. The number of benzene rings is 1. The molecular weight excluding hydrogens is 330 g/mol. The molecule has 1 aliphatic rings. The highest BCUT2D eigenvalue weighted by Gasteiger charge is 2.25. The molecule has 0 spiro atoms. The number of rotatable bonds is 5. The molecule has 26 heavy (non-hydrogen) atoms. The lowest BCUT2D eigenvalue weighted by molar-refractivity contribution is 0.0969. The van der Waals surface area contributed by atoms with Crippen LogP contribution < -0.4 is 15.0 Å². The van der Waals surface area contributed by atoms with Crippen LogP contribution in [0, 0.1) is 0 Å². The molecule has 7 heteroatoms. The van der Waals surface area contributed by atoms with E-state index in [-0.39, 0.29) is 12.1 Å². The first-order valence-corrected chi connectivity index (χ1v) is 8.86. The molecule has 1 fully saturated rings. The summed E-state index contributed by atoms with van der Waals surface area (Å²) in [6.07, 6.45) is 1.75. The number of likely N-dealkylation sites (tertiary alicyclic amines) is 1. The Balaban J connectivity index is 1.51. The average molecular weight is 355 g/mol. The molecule has 1 aromatic carbocycles. The minimum atomic E-state index is -0.0641. The van der Waals surface area contributed by atoms with Crippen LogP contribution in [0.25, 0.3) is 0 Å². The molecule has 1 atom stereocenters. The van der Waals surface area contributed by atoms with E-state index in [9.17, 15) is 4.79 Å². The number of carbonyl (C=O) groups is 1. The van der Waals surface area contributed by atoms with Crippen LogP contribution >= 0.6 is 0 Å². The molecule has 138 valence electrons. The van der Waals surface area contributed by atoms with E-state index in [1.165, 1.54) is 0 Å². The molecule has 1 saturated heterocycles. The molecule has 2 heterocycles. The van der Waals surface area contributed by atoms with E-state index in [2.05, 4.69) is 15.5 Å². The summed E-state index contributed by atoms with van der Waals surface area (Å²) >= 11 is 0. The van der Waals surface area contributed by atoms with Crippen LogP contribution in [0.15, 0.2) is 42.5 Å². The Kier molecular flexibility index (Phi) is 5.88. The second-order valence-electron chi connectivity index (χ2n) is 6.60. The molecule has 0 bridgehead atoms. The molecule has 0 saturated carbocycles. The average Bonchev–Trinajstić information content (AvgIpc) is 2.67. The first-order valence-electron chi connectivity index (χ1n) is 8.86. The number of anilines is 1. The van der Waals surface area contributed by atoms with Crippen molar-refractivity contribution in [2.24, 2.45) is 0 Å². The Bertz CT molecular complexity index is 706.